The Morgan fingerprint density at radius 1 is 1.10 bits per heavy atom. The average Bonchev–Trinajstić information content (AvgIpc) is 2.74. The maximum atomic E-state index is 13.2. The van der Waals surface area contributed by atoms with E-state index in [0.29, 0.717) is 38.2 Å². The zero-order chi connectivity index (χ0) is 21.6. The summed E-state index contributed by atoms with van der Waals surface area (Å²) in [4.78, 5) is 29.2. The molecule has 164 valence electrons. The van der Waals surface area contributed by atoms with Gasteiger partial charge in [0.2, 0.25) is 15.9 Å². The van der Waals surface area contributed by atoms with E-state index >= 15 is 0 Å². The van der Waals surface area contributed by atoms with Gasteiger partial charge in [0.25, 0.3) is 5.91 Å². The predicted octanol–water partition coefficient (Wildman–Crippen LogP) is 0.968. The highest BCUT2D eigenvalue weighted by molar-refractivity contribution is 7.89. The molecule has 8 nitrogen and oxygen atoms in total. The Morgan fingerprint density at radius 3 is 2.73 bits per heavy atom. The van der Waals surface area contributed by atoms with Crippen LogP contribution in [0.4, 0.5) is 0 Å². The number of likely N-dealkylation sites (N-methyl/N-ethyl adjacent to an activating group) is 1. The Hall–Kier alpha value is -2.23. The van der Waals surface area contributed by atoms with Crippen LogP contribution >= 0.6 is 0 Å². The number of nitrogens with one attached hydrogen (secondary N) is 2. The number of carbonyl (C=O) groups is 2. The largest absolute Gasteiger partial charge is 0.344 e. The van der Waals surface area contributed by atoms with Gasteiger partial charge in [-0.3, -0.25) is 9.59 Å². The van der Waals surface area contributed by atoms with Crippen molar-refractivity contribution in [1.29, 1.82) is 0 Å². The number of fused-ring (bicyclic) bond motifs is 3. The van der Waals surface area contributed by atoms with Crippen molar-refractivity contribution < 1.29 is 18.0 Å². The van der Waals surface area contributed by atoms with Crippen molar-refractivity contribution >= 4 is 21.8 Å². The summed E-state index contributed by atoms with van der Waals surface area (Å²) >= 11 is 0. The van der Waals surface area contributed by atoms with Gasteiger partial charge in [0.1, 0.15) is 0 Å². The molecule has 9 heteroatoms. The SMILES string of the molecule is CN1C[C@@H]2CCCCN2C(=O)c2cccc(c2)S(=O)(=O)NC/C=C\CNCCC1=O. The van der Waals surface area contributed by atoms with Crippen molar-refractivity contribution in [2.75, 3.05) is 39.8 Å². The second-order valence-electron chi connectivity index (χ2n) is 7.73. The number of benzene rings is 1. The van der Waals surface area contributed by atoms with Crippen LogP contribution in [0.25, 0.3) is 0 Å². The monoisotopic (exact) mass is 434 g/mol. The van der Waals surface area contributed by atoms with Crippen molar-refractivity contribution in [2.45, 2.75) is 36.6 Å². The first-order valence-electron chi connectivity index (χ1n) is 10.4. The molecule has 0 radical (unpaired) electrons. The molecule has 30 heavy (non-hydrogen) atoms. The minimum Gasteiger partial charge on any atom is -0.344 e. The van der Waals surface area contributed by atoms with Gasteiger partial charge in [-0.15, -0.1) is 0 Å². The molecule has 1 aromatic rings. The number of amides is 2. The van der Waals surface area contributed by atoms with Crippen LogP contribution in [0.1, 0.15) is 36.0 Å². The van der Waals surface area contributed by atoms with Gasteiger partial charge in [0.05, 0.1) is 4.90 Å². The van der Waals surface area contributed by atoms with E-state index in [2.05, 4.69) is 10.0 Å². The molecule has 0 saturated carbocycles. The van der Waals surface area contributed by atoms with Crippen molar-refractivity contribution in [2.24, 2.45) is 0 Å². The number of hydrogen-bond donors (Lipinski definition) is 2. The third-order valence-corrected chi connectivity index (χ3v) is 6.95. The maximum absolute atomic E-state index is 13.2. The fourth-order valence-corrected chi connectivity index (χ4v) is 4.84. The van der Waals surface area contributed by atoms with Gasteiger partial charge in [-0.2, -0.15) is 0 Å². The van der Waals surface area contributed by atoms with Gasteiger partial charge in [0, 0.05) is 57.8 Å². The second-order valence-corrected chi connectivity index (χ2v) is 9.49. The molecule has 2 bridgehead atoms. The highest BCUT2D eigenvalue weighted by Gasteiger charge is 2.30. The van der Waals surface area contributed by atoms with Gasteiger partial charge in [-0.05, 0) is 37.5 Å². The number of piperidine rings is 1. The Bertz CT molecular complexity index is 900. The molecule has 2 heterocycles. The zero-order valence-electron chi connectivity index (χ0n) is 17.3. The van der Waals surface area contributed by atoms with Crippen LogP contribution < -0.4 is 10.0 Å². The molecule has 2 aliphatic heterocycles. The number of carbonyl (C=O) groups excluding carboxylic acids is 2. The van der Waals surface area contributed by atoms with Gasteiger partial charge in [-0.1, -0.05) is 18.2 Å². The summed E-state index contributed by atoms with van der Waals surface area (Å²) in [6.45, 7) is 2.32. The average molecular weight is 435 g/mol. The highest BCUT2D eigenvalue weighted by Crippen LogP contribution is 2.22. The standard InChI is InChI=1S/C21H30N4O4S/c1-24-16-18-8-2-5-14-25(18)21(27)17-7-6-9-19(15-17)30(28,29)23-12-4-3-11-22-13-10-20(24)26/h3-4,6-7,9,15,18,22-23H,2,5,8,10-14,16H2,1H3/b4-3-/t18-/m0/s1. The Morgan fingerprint density at radius 2 is 1.90 bits per heavy atom. The van der Waals surface area contributed by atoms with Crippen LogP contribution in [0.15, 0.2) is 41.3 Å². The van der Waals surface area contributed by atoms with E-state index in [-0.39, 0.29) is 29.3 Å². The molecule has 1 saturated heterocycles. The van der Waals surface area contributed by atoms with E-state index < -0.39 is 10.0 Å². The Kier molecular flexibility index (Phi) is 7.63. The third-order valence-electron chi connectivity index (χ3n) is 5.53. The summed E-state index contributed by atoms with van der Waals surface area (Å²) in [7, 11) is -1.94. The molecule has 0 unspecified atom stereocenters. The van der Waals surface area contributed by atoms with Gasteiger partial charge in [0.15, 0.2) is 0 Å². The second kappa shape index (κ2) is 10.2. The van der Waals surface area contributed by atoms with Gasteiger partial charge < -0.3 is 15.1 Å². The Labute approximate surface area is 178 Å². The smallest absolute Gasteiger partial charge is 0.254 e. The summed E-state index contributed by atoms with van der Waals surface area (Å²) in [5, 5.41) is 3.15. The molecule has 2 amide bonds. The minimum absolute atomic E-state index is 0.0420. The lowest BCUT2D eigenvalue weighted by molar-refractivity contribution is -0.130. The topological polar surface area (TPSA) is 98.8 Å². The summed E-state index contributed by atoms with van der Waals surface area (Å²) in [5.41, 5.74) is 0.347. The van der Waals surface area contributed by atoms with Gasteiger partial charge >= 0.3 is 0 Å². The number of hydrogen-bond acceptors (Lipinski definition) is 5. The van der Waals surface area contributed by atoms with Crippen molar-refractivity contribution in [3.8, 4) is 0 Å². The first-order valence-corrected chi connectivity index (χ1v) is 11.9. The van der Waals surface area contributed by atoms with E-state index in [0.717, 1.165) is 19.3 Å². The number of sulfonamides is 1. The van der Waals surface area contributed by atoms with E-state index in [1.165, 1.54) is 12.1 Å². The van der Waals surface area contributed by atoms with Crippen LogP contribution in [0.5, 0.6) is 0 Å². The summed E-state index contributed by atoms with van der Waals surface area (Å²) in [6.07, 6.45) is 6.64. The molecule has 2 N–H and O–H groups in total. The summed E-state index contributed by atoms with van der Waals surface area (Å²) in [6, 6.07) is 6.08. The molecular formula is C21H30N4O4S. The van der Waals surface area contributed by atoms with Crippen molar-refractivity contribution in [3.63, 3.8) is 0 Å². The molecule has 1 fully saturated rings. The molecule has 1 aromatic carbocycles. The van der Waals surface area contributed by atoms with E-state index in [1.807, 2.05) is 6.08 Å². The fourth-order valence-electron chi connectivity index (χ4n) is 3.82. The molecule has 2 aliphatic rings. The van der Waals surface area contributed by atoms with Crippen LogP contribution in [-0.4, -0.2) is 75.8 Å². The molecule has 1 atom stereocenters. The highest BCUT2D eigenvalue weighted by atomic mass is 32.2. The van der Waals surface area contributed by atoms with E-state index in [1.54, 1.807) is 35.1 Å². The van der Waals surface area contributed by atoms with Crippen LogP contribution in [0, 0.1) is 0 Å². The van der Waals surface area contributed by atoms with Gasteiger partial charge in [-0.25, -0.2) is 13.1 Å². The van der Waals surface area contributed by atoms with Crippen molar-refractivity contribution in [1.82, 2.24) is 19.8 Å². The zero-order valence-corrected chi connectivity index (χ0v) is 18.2. The molecule has 0 spiro atoms. The quantitative estimate of drug-likeness (QED) is 0.593. The molecule has 0 aromatic heterocycles. The maximum Gasteiger partial charge on any atom is 0.254 e. The number of rotatable bonds is 0. The molecule has 0 aliphatic carbocycles. The van der Waals surface area contributed by atoms with E-state index in [9.17, 15) is 18.0 Å². The van der Waals surface area contributed by atoms with Crippen LogP contribution in [-0.2, 0) is 14.8 Å². The summed E-state index contributed by atoms with van der Waals surface area (Å²) < 4.78 is 27.7. The lowest BCUT2D eigenvalue weighted by Crippen LogP contribution is -2.50. The first kappa shape index (κ1) is 22.5. The fraction of sp³-hybridized carbons (Fsp3) is 0.524. The summed E-state index contributed by atoms with van der Waals surface area (Å²) in [5.74, 6) is -0.152. The van der Waals surface area contributed by atoms with E-state index in [4.69, 9.17) is 0 Å². The third kappa shape index (κ3) is 5.68. The first-order chi connectivity index (χ1) is 14.4. The lowest BCUT2D eigenvalue weighted by atomic mass is 10.00. The Balaban J connectivity index is 1.89. The number of nitrogens with zero attached hydrogens (tertiary/aromatic N) is 2. The molecular weight excluding hydrogens is 404 g/mol. The molecule has 3 rings (SSSR count). The van der Waals surface area contributed by atoms with Crippen LogP contribution in [0.3, 0.4) is 0 Å². The van der Waals surface area contributed by atoms with Crippen LogP contribution in [0.2, 0.25) is 0 Å². The lowest BCUT2D eigenvalue weighted by Gasteiger charge is -2.38. The predicted molar refractivity (Wildman–Crippen MR) is 115 cm³/mol. The van der Waals surface area contributed by atoms with Crippen molar-refractivity contribution in [3.05, 3.63) is 42.0 Å². The minimum atomic E-state index is -3.71. The normalized spacial score (nSPS) is 25.2.